The van der Waals surface area contributed by atoms with Gasteiger partial charge >= 0.3 is 0 Å². The van der Waals surface area contributed by atoms with E-state index in [2.05, 4.69) is 16.7 Å². The van der Waals surface area contributed by atoms with E-state index in [1.54, 1.807) is 18.2 Å². The van der Waals surface area contributed by atoms with E-state index in [0.29, 0.717) is 11.4 Å². The molecule has 0 heterocycles. The molecule has 0 aliphatic carbocycles. The molecule has 2 amide bonds. The molecule has 0 aromatic heterocycles. The van der Waals surface area contributed by atoms with Crippen LogP contribution in [-0.4, -0.2) is 11.8 Å². The molecule has 0 saturated carbocycles. The predicted molar refractivity (Wildman–Crippen MR) is 72.2 cm³/mol. The Kier molecular flexibility index (Phi) is 4.89. The first-order valence-corrected chi connectivity index (χ1v) is 6.03. The first kappa shape index (κ1) is 14.2. The van der Waals surface area contributed by atoms with Crippen molar-refractivity contribution in [1.29, 1.82) is 0 Å². The van der Waals surface area contributed by atoms with Gasteiger partial charge in [0.15, 0.2) is 0 Å². The zero-order chi connectivity index (χ0) is 13.7. The van der Waals surface area contributed by atoms with Crippen LogP contribution in [0, 0.1) is 17.9 Å². The summed E-state index contributed by atoms with van der Waals surface area (Å²) in [5, 5.41) is 5.51. The van der Waals surface area contributed by atoms with Crippen molar-refractivity contribution in [2.45, 2.75) is 27.7 Å². The SMILES string of the molecule is CC(C)C(=O)Nc1[c]ccc(NC(=O)C(C)C)c1. The molecule has 97 valence electrons. The molecule has 0 atom stereocenters. The molecule has 2 N–H and O–H groups in total. The second-order valence-corrected chi connectivity index (χ2v) is 4.78. The average Bonchev–Trinajstić information content (AvgIpc) is 2.29. The third kappa shape index (κ3) is 4.20. The van der Waals surface area contributed by atoms with Crippen LogP contribution in [0.5, 0.6) is 0 Å². The fourth-order valence-corrected chi connectivity index (χ4v) is 1.18. The molecule has 1 aromatic carbocycles. The molecule has 0 aliphatic rings. The number of rotatable bonds is 4. The van der Waals surface area contributed by atoms with Crippen molar-refractivity contribution in [1.82, 2.24) is 0 Å². The van der Waals surface area contributed by atoms with Crippen LogP contribution in [0.1, 0.15) is 27.7 Å². The number of benzene rings is 1. The molecule has 0 aliphatic heterocycles. The van der Waals surface area contributed by atoms with Gasteiger partial charge in [0.1, 0.15) is 0 Å². The molecule has 4 heteroatoms. The summed E-state index contributed by atoms with van der Waals surface area (Å²) in [6.45, 7) is 7.29. The number of hydrogen-bond acceptors (Lipinski definition) is 2. The van der Waals surface area contributed by atoms with Crippen LogP contribution in [0.3, 0.4) is 0 Å². The van der Waals surface area contributed by atoms with Gasteiger partial charge in [-0.05, 0) is 12.1 Å². The van der Waals surface area contributed by atoms with Gasteiger partial charge in [-0.15, -0.1) is 0 Å². The maximum atomic E-state index is 11.5. The van der Waals surface area contributed by atoms with Gasteiger partial charge in [0.05, 0.1) is 5.69 Å². The minimum absolute atomic E-state index is 0.0534. The van der Waals surface area contributed by atoms with Gasteiger partial charge < -0.3 is 10.6 Å². The number of amides is 2. The van der Waals surface area contributed by atoms with Crippen molar-refractivity contribution in [2.75, 3.05) is 10.6 Å². The maximum absolute atomic E-state index is 11.5. The van der Waals surface area contributed by atoms with E-state index in [9.17, 15) is 9.59 Å². The number of carbonyl (C=O) groups is 2. The van der Waals surface area contributed by atoms with Crippen molar-refractivity contribution >= 4 is 23.2 Å². The van der Waals surface area contributed by atoms with Crippen LogP contribution in [0.25, 0.3) is 0 Å². The third-order valence-electron chi connectivity index (χ3n) is 2.38. The molecule has 0 saturated heterocycles. The first-order chi connectivity index (χ1) is 8.40. The standard InChI is InChI=1S/C14H19N2O2/c1-9(2)13(17)15-11-6-5-7-12(8-11)16-14(18)10(3)4/h5-6,8-10H,1-4H3,(H,15,17)(H,16,18). The number of carbonyl (C=O) groups excluding carboxylic acids is 2. The fraction of sp³-hybridized carbons (Fsp3) is 0.429. The van der Waals surface area contributed by atoms with E-state index in [1.807, 2.05) is 27.7 Å². The Hall–Kier alpha value is -1.84. The summed E-state index contributed by atoms with van der Waals surface area (Å²) in [5.41, 5.74) is 1.22. The summed E-state index contributed by atoms with van der Waals surface area (Å²) in [7, 11) is 0. The van der Waals surface area contributed by atoms with Gasteiger partial charge in [-0.25, -0.2) is 0 Å². The van der Waals surface area contributed by atoms with Crippen LogP contribution in [-0.2, 0) is 9.59 Å². The van der Waals surface area contributed by atoms with Crippen molar-refractivity contribution in [3.63, 3.8) is 0 Å². The van der Waals surface area contributed by atoms with Crippen molar-refractivity contribution < 1.29 is 9.59 Å². The van der Waals surface area contributed by atoms with Crippen LogP contribution < -0.4 is 10.6 Å². The lowest BCUT2D eigenvalue weighted by molar-refractivity contribution is -0.119. The predicted octanol–water partition coefficient (Wildman–Crippen LogP) is 2.68. The molecular formula is C14H19N2O2. The highest BCUT2D eigenvalue weighted by Gasteiger charge is 2.09. The highest BCUT2D eigenvalue weighted by Crippen LogP contribution is 2.16. The Morgan fingerprint density at radius 1 is 1.06 bits per heavy atom. The van der Waals surface area contributed by atoms with E-state index in [0.717, 1.165) is 0 Å². The maximum Gasteiger partial charge on any atom is 0.226 e. The largest absolute Gasteiger partial charge is 0.326 e. The Morgan fingerprint density at radius 3 is 2.17 bits per heavy atom. The van der Waals surface area contributed by atoms with E-state index in [-0.39, 0.29) is 23.7 Å². The molecule has 0 fully saturated rings. The molecule has 0 unspecified atom stereocenters. The summed E-state index contributed by atoms with van der Waals surface area (Å²) < 4.78 is 0. The van der Waals surface area contributed by atoms with Gasteiger partial charge in [0, 0.05) is 23.6 Å². The lowest BCUT2D eigenvalue weighted by Crippen LogP contribution is -2.19. The van der Waals surface area contributed by atoms with Crippen LogP contribution in [0.4, 0.5) is 11.4 Å². The number of anilines is 2. The fourth-order valence-electron chi connectivity index (χ4n) is 1.18. The zero-order valence-corrected chi connectivity index (χ0v) is 11.2. The molecule has 1 radical (unpaired) electrons. The summed E-state index contributed by atoms with van der Waals surface area (Å²) in [6.07, 6.45) is 0. The zero-order valence-electron chi connectivity index (χ0n) is 11.2. The normalized spacial score (nSPS) is 10.6. The molecule has 18 heavy (non-hydrogen) atoms. The molecule has 0 bridgehead atoms. The number of nitrogens with one attached hydrogen (secondary N) is 2. The Bertz CT molecular complexity index is 402. The molecule has 1 aromatic rings. The minimum Gasteiger partial charge on any atom is -0.326 e. The molecule has 4 nitrogen and oxygen atoms in total. The lowest BCUT2D eigenvalue weighted by Gasteiger charge is -2.11. The Balaban J connectivity index is 2.74. The molecular weight excluding hydrogens is 228 g/mol. The minimum atomic E-state index is -0.0905. The van der Waals surface area contributed by atoms with Crippen LogP contribution in [0.15, 0.2) is 18.2 Å². The summed E-state index contributed by atoms with van der Waals surface area (Å²) in [5.74, 6) is -0.295. The highest BCUT2D eigenvalue weighted by atomic mass is 16.2. The van der Waals surface area contributed by atoms with Crippen molar-refractivity contribution in [2.24, 2.45) is 11.8 Å². The topological polar surface area (TPSA) is 58.2 Å². The van der Waals surface area contributed by atoms with E-state index in [4.69, 9.17) is 0 Å². The Labute approximate surface area is 108 Å². The first-order valence-electron chi connectivity index (χ1n) is 6.03. The van der Waals surface area contributed by atoms with Gasteiger partial charge in [-0.3, -0.25) is 9.59 Å². The Morgan fingerprint density at radius 2 is 1.61 bits per heavy atom. The molecule has 1 rings (SSSR count). The summed E-state index contributed by atoms with van der Waals surface area (Å²) >= 11 is 0. The van der Waals surface area contributed by atoms with E-state index in [1.165, 1.54) is 0 Å². The highest BCUT2D eigenvalue weighted by molar-refractivity contribution is 5.95. The van der Waals surface area contributed by atoms with E-state index < -0.39 is 0 Å². The quantitative estimate of drug-likeness (QED) is 0.859. The van der Waals surface area contributed by atoms with Crippen molar-refractivity contribution in [3.05, 3.63) is 24.3 Å². The van der Waals surface area contributed by atoms with E-state index >= 15 is 0 Å². The number of hydrogen-bond donors (Lipinski definition) is 2. The summed E-state index contributed by atoms with van der Waals surface area (Å²) in [4.78, 5) is 23.1. The van der Waals surface area contributed by atoms with Gasteiger partial charge in [0.25, 0.3) is 0 Å². The second-order valence-electron chi connectivity index (χ2n) is 4.78. The second kappa shape index (κ2) is 6.19. The van der Waals surface area contributed by atoms with Crippen LogP contribution >= 0.6 is 0 Å². The van der Waals surface area contributed by atoms with Crippen LogP contribution in [0.2, 0.25) is 0 Å². The van der Waals surface area contributed by atoms with Gasteiger partial charge in [-0.2, -0.15) is 0 Å². The lowest BCUT2D eigenvalue weighted by atomic mass is 10.2. The summed E-state index contributed by atoms with van der Waals surface area (Å²) in [6, 6.07) is 8.02. The monoisotopic (exact) mass is 247 g/mol. The third-order valence-corrected chi connectivity index (χ3v) is 2.38. The smallest absolute Gasteiger partial charge is 0.226 e. The molecule has 0 spiro atoms. The average molecular weight is 247 g/mol. The van der Waals surface area contributed by atoms with Gasteiger partial charge in [-0.1, -0.05) is 33.8 Å². The van der Waals surface area contributed by atoms with Gasteiger partial charge in [0.2, 0.25) is 11.8 Å². The van der Waals surface area contributed by atoms with Crippen molar-refractivity contribution in [3.8, 4) is 0 Å².